The Labute approximate surface area is 249 Å². The second-order valence-corrected chi connectivity index (χ2v) is 15.7. The van der Waals surface area contributed by atoms with Gasteiger partial charge in [0.05, 0.1) is 13.2 Å². The molecule has 3 atom stereocenters. The lowest BCUT2D eigenvalue weighted by Crippen LogP contribution is -2.73. The highest BCUT2D eigenvalue weighted by Crippen LogP contribution is 2.44. The predicted octanol–water partition coefficient (Wildman–Crippen LogP) is 5.14. The largest absolute Gasteiger partial charge is 0.478 e. The summed E-state index contributed by atoms with van der Waals surface area (Å²) in [6.07, 6.45) is -1.45. The molecule has 0 aromatic heterocycles. The number of methoxy groups -OCH3 is 1. The van der Waals surface area contributed by atoms with Crippen LogP contribution in [0.25, 0.3) is 0 Å². The molecule has 216 valence electrons. The van der Waals surface area contributed by atoms with Crippen LogP contribution in [0.1, 0.15) is 32.4 Å². The van der Waals surface area contributed by atoms with Gasteiger partial charge in [0.1, 0.15) is 18.3 Å². The van der Waals surface area contributed by atoms with E-state index >= 15 is 0 Å². The average Bonchev–Trinajstić information content (AvgIpc) is 3.02. The van der Waals surface area contributed by atoms with E-state index in [1.165, 1.54) is 12.0 Å². The molecular formula is C35H37NO5Si. The Morgan fingerprint density at radius 1 is 0.786 bits per heavy atom. The van der Waals surface area contributed by atoms with Crippen LogP contribution < -0.4 is 15.1 Å². The molecule has 1 saturated heterocycles. The molecular weight excluding hydrogens is 542 g/mol. The molecule has 0 unspecified atom stereocenters. The molecule has 1 heterocycles. The van der Waals surface area contributed by atoms with Crippen LogP contribution in [0.3, 0.4) is 0 Å². The molecule has 42 heavy (non-hydrogen) atoms. The van der Waals surface area contributed by atoms with E-state index in [9.17, 15) is 9.59 Å². The SMILES string of the molecule is COC(=O)CN1C(=O)[C@@H](Oc2ccccc2)[C@H]1[C@@H](O[Si](c1ccccc1)(c1ccccc1)C(C)(C)C)c1ccccc1. The molecule has 0 spiro atoms. The van der Waals surface area contributed by atoms with Crippen LogP contribution in [0.5, 0.6) is 5.75 Å². The van der Waals surface area contributed by atoms with E-state index in [1.807, 2.05) is 97.1 Å². The van der Waals surface area contributed by atoms with Gasteiger partial charge in [0, 0.05) is 0 Å². The number of nitrogens with zero attached hydrogens (tertiary/aromatic N) is 1. The molecule has 1 aliphatic heterocycles. The number of rotatable bonds is 10. The van der Waals surface area contributed by atoms with Gasteiger partial charge >= 0.3 is 5.97 Å². The molecule has 0 bridgehead atoms. The van der Waals surface area contributed by atoms with Crippen molar-refractivity contribution in [2.24, 2.45) is 0 Å². The summed E-state index contributed by atoms with van der Waals surface area (Å²) in [5.41, 5.74) is 0.902. The van der Waals surface area contributed by atoms with Crippen LogP contribution in [-0.4, -0.2) is 50.9 Å². The Morgan fingerprint density at radius 3 is 1.74 bits per heavy atom. The lowest BCUT2D eigenvalue weighted by atomic mass is 9.88. The van der Waals surface area contributed by atoms with E-state index in [-0.39, 0.29) is 17.5 Å². The number of carbonyl (C=O) groups is 2. The van der Waals surface area contributed by atoms with Crippen molar-refractivity contribution in [1.29, 1.82) is 0 Å². The van der Waals surface area contributed by atoms with Crippen molar-refractivity contribution < 1.29 is 23.5 Å². The first-order valence-corrected chi connectivity index (χ1v) is 16.1. The fraction of sp³-hybridized carbons (Fsp3) is 0.257. The van der Waals surface area contributed by atoms with Gasteiger partial charge in [-0.2, -0.15) is 0 Å². The van der Waals surface area contributed by atoms with Gasteiger partial charge in [-0.1, -0.05) is 130 Å². The second-order valence-electron chi connectivity index (χ2n) is 11.5. The molecule has 1 fully saturated rings. The Balaban J connectivity index is 1.69. The van der Waals surface area contributed by atoms with Crippen molar-refractivity contribution in [2.75, 3.05) is 13.7 Å². The highest BCUT2D eigenvalue weighted by molar-refractivity contribution is 6.99. The molecule has 4 aromatic carbocycles. The zero-order chi connectivity index (χ0) is 29.7. The zero-order valence-electron chi connectivity index (χ0n) is 24.5. The lowest BCUT2D eigenvalue weighted by molar-refractivity contribution is -0.177. The predicted molar refractivity (Wildman–Crippen MR) is 166 cm³/mol. The number of carbonyl (C=O) groups excluding carboxylic acids is 2. The third-order valence-electron chi connectivity index (χ3n) is 7.89. The van der Waals surface area contributed by atoms with Crippen molar-refractivity contribution in [3.05, 3.63) is 127 Å². The number of hydrogen-bond donors (Lipinski definition) is 0. The summed E-state index contributed by atoms with van der Waals surface area (Å²) in [5, 5.41) is 1.94. The van der Waals surface area contributed by atoms with Gasteiger partial charge in [-0.3, -0.25) is 9.59 Å². The number of likely N-dealkylation sites (tertiary alicyclic amines) is 1. The number of hydrogen-bond acceptors (Lipinski definition) is 5. The monoisotopic (exact) mass is 579 g/mol. The minimum Gasteiger partial charge on any atom is -0.478 e. The van der Waals surface area contributed by atoms with E-state index in [0.717, 1.165) is 15.9 Å². The van der Waals surface area contributed by atoms with E-state index in [0.29, 0.717) is 5.75 Å². The van der Waals surface area contributed by atoms with Crippen LogP contribution in [0.4, 0.5) is 0 Å². The minimum atomic E-state index is -3.07. The fourth-order valence-corrected chi connectivity index (χ4v) is 10.5. The van der Waals surface area contributed by atoms with Crippen LogP contribution in [0.15, 0.2) is 121 Å². The minimum absolute atomic E-state index is 0.192. The maximum Gasteiger partial charge on any atom is 0.325 e. The second kappa shape index (κ2) is 12.3. The van der Waals surface area contributed by atoms with Gasteiger partial charge in [0.2, 0.25) is 0 Å². The number of para-hydroxylation sites is 1. The molecule has 7 heteroatoms. The average molecular weight is 580 g/mol. The number of β-lactam (4-membered cyclic amide) rings is 1. The quantitative estimate of drug-likeness (QED) is 0.148. The molecule has 0 N–H and O–H groups in total. The standard InChI is InChI=1S/C35H37NO5Si/c1-35(2,3)42(28-21-13-7-14-22-28,29-23-15-8-16-24-29)41-32(26-17-9-5-10-18-26)31-33(40-27-19-11-6-12-20-27)34(38)36(31)25-30(37)39-4/h5-24,31-33H,25H2,1-4H3/t31-,32+,33+/m1/s1. The molecule has 0 aliphatic carbocycles. The van der Waals surface area contributed by atoms with Gasteiger partial charge in [-0.15, -0.1) is 0 Å². The maximum absolute atomic E-state index is 13.6. The highest BCUT2D eigenvalue weighted by atomic mass is 28.4. The number of esters is 1. The smallest absolute Gasteiger partial charge is 0.325 e. The molecule has 5 rings (SSSR count). The summed E-state index contributed by atoms with van der Waals surface area (Å²) in [4.78, 5) is 27.7. The van der Waals surface area contributed by atoms with E-state index in [4.69, 9.17) is 13.9 Å². The number of benzene rings is 4. The van der Waals surface area contributed by atoms with Gasteiger partial charge in [-0.05, 0) is 33.1 Å². The van der Waals surface area contributed by atoms with Gasteiger partial charge in [0.15, 0.2) is 6.10 Å². The third-order valence-corrected chi connectivity index (χ3v) is 12.9. The summed E-state index contributed by atoms with van der Waals surface area (Å²) in [7, 11) is -1.75. The van der Waals surface area contributed by atoms with Crippen LogP contribution in [0.2, 0.25) is 5.04 Å². The summed E-state index contributed by atoms with van der Waals surface area (Å²) in [6.45, 7) is 6.47. The zero-order valence-corrected chi connectivity index (χ0v) is 25.5. The van der Waals surface area contributed by atoms with Crippen LogP contribution in [0, 0.1) is 0 Å². The van der Waals surface area contributed by atoms with Crippen molar-refractivity contribution in [3.63, 3.8) is 0 Å². The van der Waals surface area contributed by atoms with E-state index in [2.05, 4.69) is 45.0 Å². The molecule has 1 aliphatic rings. The van der Waals surface area contributed by atoms with Crippen LogP contribution in [-0.2, 0) is 18.8 Å². The molecule has 1 amide bonds. The van der Waals surface area contributed by atoms with Crippen molar-refractivity contribution in [3.8, 4) is 5.75 Å². The van der Waals surface area contributed by atoms with E-state index in [1.54, 1.807) is 0 Å². The topological polar surface area (TPSA) is 65.1 Å². The number of ether oxygens (including phenoxy) is 2. The van der Waals surface area contributed by atoms with Crippen molar-refractivity contribution in [2.45, 2.75) is 44.1 Å². The Kier molecular flexibility index (Phi) is 8.61. The Hall–Kier alpha value is -4.20. The summed E-state index contributed by atoms with van der Waals surface area (Å²) >= 11 is 0. The van der Waals surface area contributed by atoms with Gasteiger partial charge in [0.25, 0.3) is 14.2 Å². The normalized spacial score (nSPS) is 17.7. The first-order valence-electron chi connectivity index (χ1n) is 14.2. The first kappa shape index (κ1) is 29.3. The first-order chi connectivity index (χ1) is 20.3. The van der Waals surface area contributed by atoms with Crippen molar-refractivity contribution in [1.82, 2.24) is 4.90 Å². The Bertz CT molecular complexity index is 1440. The molecule has 6 nitrogen and oxygen atoms in total. The van der Waals surface area contributed by atoms with E-state index < -0.39 is 32.5 Å². The van der Waals surface area contributed by atoms with Gasteiger partial charge in [-0.25, -0.2) is 0 Å². The maximum atomic E-state index is 13.6. The van der Waals surface area contributed by atoms with Crippen molar-refractivity contribution >= 4 is 30.6 Å². The lowest BCUT2D eigenvalue weighted by Gasteiger charge is -2.53. The molecule has 0 radical (unpaired) electrons. The summed E-state index contributed by atoms with van der Waals surface area (Å²) in [5.74, 6) is -0.194. The highest BCUT2D eigenvalue weighted by Gasteiger charge is 2.59. The number of amides is 1. The third kappa shape index (κ3) is 5.62. The molecule has 0 saturated carbocycles. The Morgan fingerprint density at radius 2 is 1.26 bits per heavy atom. The summed E-state index contributed by atoms with van der Waals surface area (Å²) in [6, 6.07) is 39.4. The molecule has 4 aromatic rings. The van der Waals surface area contributed by atoms with Gasteiger partial charge < -0.3 is 18.8 Å². The fourth-order valence-electron chi connectivity index (χ4n) is 5.87. The van der Waals surface area contributed by atoms with Crippen LogP contribution >= 0.6 is 0 Å². The summed E-state index contributed by atoms with van der Waals surface area (Å²) < 4.78 is 18.9.